The molecule has 1 amide bonds. The molecule has 0 radical (unpaired) electrons. The summed E-state index contributed by atoms with van der Waals surface area (Å²) in [6.07, 6.45) is 0.646. The van der Waals surface area contributed by atoms with Gasteiger partial charge in [-0.25, -0.2) is 0 Å². The summed E-state index contributed by atoms with van der Waals surface area (Å²) in [5.41, 5.74) is 2.86. The molecule has 2 rings (SSSR count). The number of pyridine rings is 2. The normalized spacial score (nSPS) is 12.0. The topological polar surface area (TPSA) is 64.0 Å². The molecule has 2 aromatic rings. The number of aromatic nitrogens is 2. The molecule has 5 nitrogen and oxygen atoms in total. The predicted molar refractivity (Wildman–Crippen MR) is 86.0 cm³/mol. The third kappa shape index (κ3) is 3.81. The molecule has 0 bridgehead atoms. The average molecular weight is 299 g/mol. The van der Waals surface area contributed by atoms with Crippen LogP contribution < -0.4 is 10.7 Å². The van der Waals surface area contributed by atoms with Gasteiger partial charge in [-0.1, -0.05) is 6.07 Å². The van der Waals surface area contributed by atoms with Gasteiger partial charge in [-0.3, -0.25) is 14.6 Å². The van der Waals surface area contributed by atoms with E-state index in [1.165, 1.54) is 12.1 Å². The van der Waals surface area contributed by atoms with Gasteiger partial charge in [0.25, 0.3) is 5.91 Å². The maximum absolute atomic E-state index is 12.3. The summed E-state index contributed by atoms with van der Waals surface area (Å²) in [7, 11) is 1.77. The summed E-state index contributed by atoms with van der Waals surface area (Å²) in [6.45, 7) is 5.67. The van der Waals surface area contributed by atoms with E-state index in [1.54, 1.807) is 18.5 Å². The largest absolute Gasteiger partial charge is 0.348 e. The lowest BCUT2D eigenvalue weighted by Gasteiger charge is -2.16. The van der Waals surface area contributed by atoms with Gasteiger partial charge in [0.1, 0.15) is 5.69 Å². The minimum atomic E-state index is -0.247. The number of nitrogens with zero attached hydrogens (tertiary/aromatic N) is 2. The highest BCUT2D eigenvalue weighted by Gasteiger charge is 2.14. The van der Waals surface area contributed by atoms with Crippen LogP contribution in [0, 0.1) is 13.8 Å². The number of hydrogen-bond donors (Lipinski definition) is 1. The monoisotopic (exact) mass is 299 g/mol. The number of amides is 1. The molecule has 0 fully saturated rings. The molecule has 116 valence electrons. The number of hydrogen-bond acceptors (Lipinski definition) is 3. The van der Waals surface area contributed by atoms with Crippen LogP contribution in [0.5, 0.6) is 0 Å². The van der Waals surface area contributed by atoms with E-state index in [4.69, 9.17) is 0 Å². The Bertz CT molecular complexity index is 750. The van der Waals surface area contributed by atoms with E-state index in [0.29, 0.717) is 12.1 Å². The van der Waals surface area contributed by atoms with Gasteiger partial charge < -0.3 is 9.88 Å². The van der Waals surface area contributed by atoms with Gasteiger partial charge in [-0.15, -0.1) is 0 Å². The first kappa shape index (κ1) is 15.9. The molecule has 0 saturated heterocycles. The van der Waals surface area contributed by atoms with Gasteiger partial charge in [0.2, 0.25) is 0 Å². The summed E-state index contributed by atoms with van der Waals surface area (Å²) >= 11 is 0. The predicted octanol–water partition coefficient (Wildman–Crippen LogP) is 1.76. The van der Waals surface area contributed by atoms with Crippen LogP contribution in [0.4, 0.5) is 0 Å². The molecule has 0 aliphatic carbocycles. The van der Waals surface area contributed by atoms with Crippen molar-refractivity contribution in [1.29, 1.82) is 0 Å². The van der Waals surface area contributed by atoms with Crippen molar-refractivity contribution in [3.63, 3.8) is 0 Å². The molecule has 22 heavy (non-hydrogen) atoms. The fourth-order valence-corrected chi connectivity index (χ4v) is 2.36. The van der Waals surface area contributed by atoms with E-state index >= 15 is 0 Å². The molecule has 2 heterocycles. The Morgan fingerprint density at radius 1 is 1.32 bits per heavy atom. The standard InChI is InChI=1S/C17H21N3O2/c1-11-6-5-7-14(18-11)8-12(2)19-17(22)16-10-15(21)9-13(3)20(16)4/h5-7,9-10,12H,8H2,1-4H3,(H,19,22)/t12-/m0/s1. The van der Waals surface area contributed by atoms with Crippen LogP contribution in [0.1, 0.15) is 34.5 Å². The van der Waals surface area contributed by atoms with E-state index in [2.05, 4.69) is 10.3 Å². The van der Waals surface area contributed by atoms with Crippen LogP contribution in [-0.4, -0.2) is 21.5 Å². The Morgan fingerprint density at radius 3 is 2.73 bits per heavy atom. The molecule has 2 aromatic heterocycles. The summed E-state index contributed by atoms with van der Waals surface area (Å²) in [6, 6.07) is 8.64. The van der Waals surface area contributed by atoms with Crippen molar-refractivity contribution in [3.05, 3.63) is 63.3 Å². The summed E-state index contributed by atoms with van der Waals surface area (Å²) < 4.78 is 1.72. The van der Waals surface area contributed by atoms with E-state index in [0.717, 1.165) is 17.1 Å². The third-order valence-electron chi connectivity index (χ3n) is 3.59. The fourth-order valence-electron chi connectivity index (χ4n) is 2.36. The summed E-state index contributed by atoms with van der Waals surface area (Å²) in [5, 5.41) is 2.92. The molecule has 0 unspecified atom stereocenters. The molecule has 0 saturated carbocycles. The number of carbonyl (C=O) groups is 1. The second kappa shape index (κ2) is 6.56. The van der Waals surface area contributed by atoms with Gasteiger partial charge in [0, 0.05) is 48.7 Å². The first-order chi connectivity index (χ1) is 10.4. The van der Waals surface area contributed by atoms with Crippen molar-refractivity contribution in [1.82, 2.24) is 14.9 Å². The first-order valence-electron chi connectivity index (χ1n) is 7.28. The van der Waals surface area contributed by atoms with Gasteiger partial charge in [0.15, 0.2) is 5.43 Å². The molecule has 0 aromatic carbocycles. The Hall–Kier alpha value is -2.43. The average Bonchev–Trinajstić information content (AvgIpc) is 2.42. The molecule has 1 atom stereocenters. The van der Waals surface area contributed by atoms with Crippen LogP contribution in [0.3, 0.4) is 0 Å². The number of carbonyl (C=O) groups excluding carboxylic acids is 1. The Morgan fingerprint density at radius 2 is 2.05 bits per heavy atom. The SMILES string of the molecule is Cc1cccc(C[C@H](C)NC(=O)c2cc(=O)cc(C)n2C)n1. The van der Waals surface area contributed by atoms with Crippen molar-refractivity contribution < 1.29 is 4.79 Å². The maximum atomic E-state index is 12.3. The highest BCUT2D eigenvalue weighted by molar-refractivity contribution is 5.92. The van der Waals surface area contributed by atoms with Gasteiger partial charge in [0.05, 0.1) is 0 Å². The van der Waals surface area contributed by atoms with Crippen molar-refractivity contribution in [2.75, 3.05) is 0 Å². The Labute approximate surface area is 130 Å². The lowest BCUT2D eigenvalue weighted by Crippen LogP contribution is -2.36. The smallest absolute Gasteiger partial charge is 0.268 e. The summed E-state index contributed by atoms with van der Waals surface area (Å²) in [4.78, 5) is 28.4. The van der Waals surface area contributed by atoms with Crippen molar-refractivity contribution >= 4 is 5.91 Å². The first-order valence-corrected chi connectivity index (χ1v) is 7.28. The third-order valence-corrected chi connectivity index (χ3v) is 3.59. The van der Waals surface area contributed by atoms with Crippen molar-refractivity contribution in [3.8, 4) is 0 Å². The van der Waals surface area contributed by atoms with Crippen LogP contribution in [0.2, 0.25) is 0 Å². The molecular formula is C17H21N3O2. The molecular weight excluding hydrogens is 278 g/mol. The molecule has 0 spiro atoms. The lowest BCUT2D eigenvalue weighted by molar-refractivity contribution is 0.0930. The van der Waals surface area contributed by atoms with Gasteiger partial charge >= 0.3 is 0 Å². The van der Waals surface area contributed by atoms with E-state index in [9.17, 15) is 9.59 Å². The van der Waals surface area contributed by atoms with E-state index < -0.39 is 0 Å². The van der Waals surface area contributed by atoms with Crippen LogP contribution in [0.25, 0.3) is 0 Å². The zero-order valence-corrected chi connectivity index (χ0v) is 13.4. The highest BCUT2D eigenvalue weighted by Crippen LogP contribution is 2.04. The van der Waals surface area contributed by atoms with Gasteiger partial charge in [-0.05, 0) is 32.9 Å². The maximum Gasteiger partial charge on any atom is 0.268 e. The quantitative estimate of drug-likeness (QED) is 0.935. The second-order valence-corrected chi connectivity index (χ2v) is 5.63. The highest BCUT2D eigenvalue weighted by atomic mass is 16.2. The minimum Gasteiger partial charge on any atom is -0.348 e. The molecule has 5 heteroatoms. The number of aryl methyl sites for hydroxylation is 2. The second-order valence-electron chi connectivity index (χ2n) is 5.63. The minimum absolute atomic E-state index is 0.0718. The van der Waals surface area contributed by atoms with Gasteiger partial charge in [-0.2, -0.15) is 0 Å². The Balaban J connectivity index is 2.10. The summed E-state index contributed by atoms with van der Waals surface area (Å²) in [5.74, 6) is -0.247. The zero-order valence-electron chi connectivity index (χ0n) is 13.4. The van der Waals surface area contributed by atoms with Crippen molar-refractivity contribution in [2.24, 2.45) is 7.05 Å². The molecule has 0 aliphatic heterocycles. The molecule has 0 aliphatic rings. The molecule has 1 N–H and O–H groups in total. The van der Waals surface area contributed by atoms with Crippen LogP contribution in [0.15, 0.2) is 35.1 Å². The van der Waals surface area contributed by atoms with E-state index in [-0.39, 0.29) is 17.4 Å². The van der Waals surface area contributed by atoms with Crippen LogP contribution >= 0.6 is 0 Å². The number of nitrogens with one attached hydrogen (secondary N) is 1. The zero-order chi connectivity index (χ0) is 16.3. The fraction of sp³-hybridized carbons (Fsp3) is 0.353. The van der Waals surface area contributed by atoms with Crippen molar-refractivity contribution in [2.45, 2.75) is 33.2 Å². The lowest BCUT2D eigenvalue weighted by atomic mass is 10.1. The van der Waals surface area contributed by atoms with Crippen LogP contribution in [-0.2, 0) is 13.5 Å². The Kier molecular flexibility index (Phi) is 4.75. The number of rotatable bonds is 4. The van der Waals surface area contributed by atoms with E-state index in [1.807, 2.05) is 32.0 Å².